The van der Waals surface area contributed by atoms with Crippen LogP contribution in [0, 0.1) is 5.82 Å². The van der Waals surface area contributed by atoms with Crippen LogP contribution >= 0.6 is 0 Å². The van der Waals surface area contributed by atoms with E-state index in [0.29, 0.717) is 24.3 Å². The second-order valence-electron chi connectivity index (χ2n) is 5.26. The van der Waals surface area contributed by atoms with Gasteiger partial charge in [0.05, 0.1) is 12.6 Å². The number of aliphatic hydroxyl groups excluding tert-OH is 1. The molecule has 0 aromatic heterocycles. The average molecular weight is 306 g/mol. The molecule has 0 aliphatic carbocycles. The Labute approximate surface area is 120 Å². The molecule has 1 saturated heterocycles. The van der Waals surface area contributed by atoms with Crippen LogP contribution in [0.4, 0.5) is 23.2 Å². The van der Waals surface area contributed by atoms with Gasteiger partial charge in [0.1, 0.15) is 5.82 Å². The van der Waals surface area contributed by atoms with E-state index in [-0.39, 0.29) is 13.1 Å². The van der Waals surface area contributed by atoms with Gasteiger partial charge in [0, 0.05) is 37.4 Å². The van der Waals surface area contributed by atoms with Crippen LogP contribution in [0.2, 0.25) is 0 Å². The van der Waals surface area contributed by atoms with Gasteiger partial charge in [0.2, 0.25) is 0 Å². The van der Waals surface area contributed by atoms with Gasteiger partial charge in [-0.15, -0.1) is 0 Å². The first-order chi connectivity index (χ1) is 9.76. The van der Waals surface area contributed by atoms with Crippen molar-refractivity contribution in [3.63, 3.8) is 0 Å². The lowest BCUT2D eigenvalue weighted by atomic mass is 10.1. The zero-order valence-corrected chi connectivity index (χ0v) is 11.7. The Balaban J connectivity index is 2.06. The Morgan fingerprint density at radius 3 is 2.33 bits per heavy atom. The fraction of sp³-hybridized carbons (Fsp3) is 0.571. The van der Waals surface area contributed by atoms with Crippen molar-refractivity contribution in [2.75, 3.05) is 37.6 Å². The first-order valence-electron chi connectivity index (χ1n) is 6.78. The summed E-state index contributed by atoms with van der Waals surface area (Å²) in [5, 5.41) is 9.71. The van der Waals surface area contributed by atoms with E-state index in [1.807, 2.05) is 4.90 Å². The SMILES string of the molecule is CC(O)c1cc(F)ccc1N1CCN(CC(F)(F)F)CC1. The Kier molecular flexibility index (Phi) is 4.73. The van der Waals surface area contributed by atoms with Crippen molar-refractivity contribution in [1.29, 1.82) is 0 Å². The molecule has 7 heteroatoms. The molecule has 0 radical (unpaired) electrons. The van der Waals surface area contributed by atoms with Crippen LogP contribution in [-0.2, 0) is 0 Å². The standard InChI is InChI=1S/C14H18F4N2O/c1-10(21)12-8-11(15)2-3-13(12)20-6-4-19(5-7-20)9-14(16,17)18/h2-3,8,10,21H,4-7,9H2,1H3. The van der Waals surface area contributed by atoms with Crippen molar-refractivity contribution in [3.8, 4) is 0 Å². The van der Waals surface area contributed by atoms with Crippen LogP contribution in [0.5, 0.6) is 0 Å². The second-order valence-corrected chi connectivity index (χ2v) is 5.26. The minimum atomic E-state index is -4.19. The lowest BCUT2D eigenvalue weighted by molar-refractivity contribution is -0.146. The number of hydrogen-bond donors (Lipinski definition) is 1. The second kappa shape index (κ2) is 6.19. The zero-order chi connectivity index (χ0) is 15.6. The van der Waals surface area contributed by atoms with E-state index in [1.165, 1.54) is 24.0 Å². The fourth-order valence-corrected chi connectivity index (χ4v) is 2.55. The summed E-state index contributed by atoms with van der Waals surface area (Å²) in [7, 11) is 0. The summed E-state index contributed by atoms with van der Waals surface area (Å²) in [6.45, 7) is 2.04. The number of alkyl halides is 3. The number of aliphatic hydroxyl groups is 1. The maximum Gasteiger partial charge on any atom is 0.401 e. The normalized spacial score (nSPS) is 18.9. The van der Waals surface area contributed by atoms with E-state index in [1.54, 1.807) is 6.07 Å². The number of hydrogen-bond acceptors (Lipinski definition) is 3. The summed E-state index contributed by atoms with van der Waals surface area (Å²) in [5.41, 5.74) is 1.14. The van der Waals surface area contributed by atoms with Gasteiger partial charge < -0.3 is 10.0 Å². The summed E-state index contributed by atoms with van der Waals surface area (Å²) in [4.78, 5) is 3.23. The summed E-state index contributed by atoms with van der Waals surface area (Å²) in [5.74, 6) is -0.439. The number of rotatable bonds is 3. The largest absolute Gasteiger partial charge is 0.401 e. The Hall–Kier alpha value is -1.34. The van der Waals surface area contributed by atoms with Crippen molar-refractivity contribution in [2.24, 2.45) is 0 Å². The highest BCUT2D eigenvalue weighted by atomic mass is 19.4. The molecule has 0 spiro atoms. The molecule has 1 unspecified atom stereocenters. The van der Waals surface area contributed by atoms with E-state index in [0.717, 1.165) is 0 Å². The zero-order valence-electron chi connectivity index (χ0n) is 11.7. The lowest BCUT2D eigenvalue weighted by Crippen LogP contribution is -2.49. The molecule has 1 heterocycles. The van der Waals surface area contributed by atoms with E-state index in [2.05, 4.69) is 0 Å². The van der Waals surface area contributed by atoms with Gasteiger partial charge in [-0.25, -0.2) is 4.39 Å². The maximum absolute atomic E-state index is 13.3. The van der Waals surface area contributed by atoms with E-state index in [4.69, 9.17) is 0 Å². The summed E-state index contributed by atoms with van der Waals surface area (Å²) in [6.07, 6.45) is -5.02. The molecule has 1 aromatic rings. The molecular weight excluding hydrogens is 288 g/mol. The van der Waals surface area contributed by atoms with Crippen molar-refractivity contribution >= 4 is 5.69 Å². The molecule has 1 fully saturated rings. The highest BCUT2D eigenvalue weighted by Gasteiger charge is 2.32. The van der Waals surface area contributed by atoms with Crippen molar-refractivity contribution in [2.45, 2.75) is 19.2 Å². The third kappa shape index (κ3) is 4.31. The van der Waals surface area contributed by atoms with Crippen LogP contribution in [0.3, 0.4) is 0 Å². The highest BCUT2D eigenvalue weighted by molar-refractivity contribution is 5.55. The minimum Gasteiger partial charge on any atom is -0.389 e. The quantitative estimate of drug-likeness (QED) is 0.870. The fourth-order valence-electron chi connectivity index (χ4n) is 2.55. The minimum absolute atomic E-state index is 0.288. The van der Waals surface area contributed by atoms with Crippen LogP contribution < -0.4 is 4.90 Å². The van der Waals surface area contributed by atoms with Gasteiger partial charge in [-0.3, -0.25) is 4.90 Å². The molecule has 1 aliphatic heterocycles. The number of halogens is 4. The van der Waals surface area contributed by atoms with E-state index < -0.39 is 24.6 Å². The van der Waals surface area contributed by atoms with Crippen LogP contribution in [0.15, 0.2) is 18.2 Å². The molecule has 2 rings (SSSR count). The van der Waals surface area contributed by atoms with Crippen molar-refractivity contribution in [1.82, 2.24) is 4.90 Å². The molecule has 1 N–H and O–H groups in total. The first-order valence-corrected chi connectivity index (χ1v) is 6.78. The number of anilines is 1. The number of benzene rings is 1. The summed E-state index contributed by atoms with van der Waals surface area (Å²) in [6, 6.07) is 4.13. The predicted molar refractivity (Wildman–Crippen MR) is 71.7 cm³/mol. The molecule has 118 valence electrons. The van der Waals surface area contributed by atoms with Gasteiger partial charge in [0.25, 0.3) is 0 Å². The number of nitrogens with zero attached hydrogens (tertiary/aromatic N) is 2. The third-order valence-corrected chi connectivity index (χ3v) is 3.56. The van der Waals surface area contributed by atoms with Crippen LogP contribution in [0.25, 0.3) is 0 Å². The van der Waals surface area contributed by atoms with E-state index >= 15 is 0 Å². The lowest BCUT2D eigenvalue weighted by Gasteiger charge is -2.37. The maximum atomic E-state index is 13.3. The highest BCUT2D eigenvalue weighted by Crippen LogP contribution is 2.28. The Morgan fingerprint density at radius 1 is 1.19 bits per heavy atom. The van der Waals surface area contributed by atoms with Gasteiger partial charge >= 0.3 is 6.18 Å². The average Bonchev–Trinajstić information content (AvgIpc) is 2.38. The molecule has 0 amide bonds. The van der Waals surface area contributed by atoms with E-state index in [9.17, 15) is 22.7 Å². The third-order valence-electron chi connectivity index (χ3n) is 3.56. The molecule has 0 bridgehead atoms. The molecule has 1 aromatic carbocycles. The molecular formula is C14H18F4N2O. The molecule has 1 atom stereocenters. The topological polar surface area (TPSA) is 26.7 Å². The van der Waals surface area contributed by atoms with Gasteiger partial charge in [-0.05, 0) is 25.1 Å². The van der Waals surface area contributed by atoms with Gasteiger partial charge in [-0.1, -0.05) is 0 Å². The monoisotopic (exact) mass is 306 g/mol. The smallest absolute Gasteiger partial charge is 0.389 e. The van der Waals surface area contributed by atoms with Crippen molar-refractivity contribution < 1.29 is 22.7 Å². The number of piperazine rings is 1. The molecule has 1 aliphatic rings. The Morgan fingerprint density at radius 2 is 1.81 bits per heavy atom. The van der Waals surface area contributed by atoms with Crippen molar-refractivity contribution in [3.05, 3.63) is 29.6 Å². The first kappa shape index (κ1) is 16.0. The van der Waals surface area contributed by atoms with Gasteiger partial charge in [0.15, 0.2) is 0 Å². The predicted octanol–water partition coefficient (Wildman–Crippen LogP) is 2.56. The van der Waals surface area contributed by atoms with Crippen LogP contribution in [-0.4, -0.2) is 48.9 Å². The summed E-state index contributed by atoms with van der Waals surface area (Å²) < 4.78 is 50.3. The molecule has 21 heavy (non-hydrogen) atoms. The van der Waals surface area contributed by atoms with Gasteiger partial charge in [-0.2, -0.15) is 13.2 Å². The summed E-state index contributed by atoms with van der Waals surface area (Å²) >= 11 is 0. The molecule has 3 nitrogen and oxygen atoms in total. The molecule has 0 saturated carbocycles. The van der Waals surface area contributed by atoms with Crippen LogP contribution in [0.1, 0.15) is 18.6 Å². The Bertz CT molecular complexity index is 482.